The fraction of sp³-hybridized carbons (Fsp3) is 0.333. The molecule has 0 aromatic heterocycles. The molecule has 0 atom stereocenters. The lowest BCUT2D eigenvalue weighted by Gasteiger charge is -2.09. The van der Waals surface area contributed by atoms with E-state index in [1.807, 2.05) is 54.6 Å². The van der Waals surface area contributed by atoms with Crippen molar-refractivity contribution >= 4 is 5.69 Å². The number of nitrogens with one attached hydrogen (secondary N) is 1. The third-order valence-corrected chi connectivity index (χ3v) is 3.08. The fourth-order valence-corrected chi connectivity index (χ4v) is 1.91. The second-order valence-electron chi connectivity index (χ2n) is 4.81. The van der Waals surface area contributed by atoms with E-state index in [0.29, 0.717) is 13.2 Å². The maximum Gasteiger partial charge on any atom is 0.122 e. The van der Waals surface area contributed by atoms with Gasteiger partial charge < -0.3 is 14.8 Å². The van der Waals surface area contributed by atoms with E-state index in [0.717, 1.165) is 23.7 Å². The summed E-state index contributed by atoms with van der Waals surface area (Å²) in [5.74, 6) is 1.74. The molecule has 3 heteroatoms. The quantitative estimate of drug-likeness (QED) is 0.694. The van der Waals surface area contributed by atoms with Gasteiger partial charge in [-0.1, -0.05) is 31.5 Å². The maximum absolute atomic E-state index is 5.66. The number of rotatable bonds is 9. The van der Waals surface area contributed by atoms with E-state index in [9.17, 15) is 0 Å². The summed E-state index contributed by atoms with van der Waals surface area (Å²) in [7, 11) is 0. The van der Waals surface area contributed by atoms with Crippen LogP contribution >= 0.6 is 0 Å². The Bertz CT molecular complexity index is 496. The maximum atomic E-state index is 5.66. The first-order chi connectivity index (χ1) is 10.4. The van der Waals surface area contributed by atoms with Crippen LogP contribution in [0.3, 0.4) is 0 Å². The monoisotopic (exact) mass is 285 g/mol. The summed E-state index contributed by atoms with van der Waals surface area (Å²) >= 11 is 0. The smallest absolute Gasteiger partial charge is 0.122 e. The summed E-state index contributed by atoms with van der Waals surface area (Å²) < 4.78 is 11.2. The van der Waals surface area contributed by atoms with Crippen molar-refractivity contribution in [3.8, 4) is 11.5 Å². The summed E-state index contributed by atoms with van der Waals surface area (Å²) in [6.45, 7) is 4.29. The molecule has 0 saturated carbocycles. The van der Waals surface area contributed by atoms with Crippen molar-refractivity contribution in [2.45, 2.75) is 19.8 Å². The number of ether oxygens (including phenoxy) is 2. The number of hydrogen-bond donors (Lipinski definition) is 1. The van der Waals surface area contributed by atoms with Crippen LogP contribution in [0, 0.1) is 0 Å². The highest BCUT2D eigenvalue weighted by Crippen LogP contribution is 2.16. The Kier molecular flexibility index (Phi) is 6.46. The van der Waals surface area contributed by atoms with Gasteiger partial charge in [-0.25, -0.2) is 0 Å². The van der Waals surface area contributed by atoms with Crippen LogP contribution < -0.4 is 14.8 Å². The molecular weight excluding hydrogens is 262 g/mol. The summed E-state index contributed by atoms with van der Waals surface area (Å²) in [5, 5.41) is 3.38. The van der Waals surface area contributed by atoms with E-state index in [1.54, 1.807) is 0 Å². The van der Waals surface area contributed by atoms with Gasteiger partial charge in [0.15, 0.2) is 0 Å². The van der Waals surface area contributed by atoms with Gasteiger partial charge in [0.25, 0.3) is 0 Å². The molecule has 0 fully saturated rings. The van der Waals surface area contributed by atoms with Gasteiger partial charge in [0, 0.05) is 12.2 Å². The van der Waals surface area contributed by atoms with Crippen molar-refractivity contribution in [1.29, 1.82) is 0 Å². The largest absolute Gasteiger partial charge is 0.490 e. The summed E-state index contributed by atoms with van der Waals surface area (Å²) in [6, 6.07) is 17.8. The Balaban J connectivity index is 1.66. The molecule has 21 heavy (non-hydrogen) atoms. The number of benzene rings is 2. The predicted molar refractivity (Wildman–Crippen MR) is 87.3 cm³/mol. The van der Waals surface area contributed by atoms with Crippen molar-refractivity contribution in [1.82, 2.24) is 0 Å². The second kappa shape index (κ2) is 8.90. The minimum absolute atomic E-state index is 0.539. The summed E-state index contributed by atoms with van der Waals surface area (Å²) in [4.78, 5) is 0. The lowest BCUT2D eigenvalue weighted by molar-refractivity contribution is 0.217. The molecule has 0 amide bonds. The second-order valence-corrected chi connectivity index (χ2v) is 4.81. The molecule has 0 saturated heterocycles. The van der Waals surface area contributed by atoms with Crippen LogP contribution in [0.25, 0.3) is 0 Å². The first-order valence-electron chi connectivity index (χ1n) is 7.53. The molecule has 0 heterocycles. The number of anilines is 1. The zero-order valence-electron chi connectivity index (χ0n) is 12.5. The molecule has 3 nitrogen and oxygen atoms in total. The lowest BCUT2D eigenvalue weighted by Crippen LogP contribution is -2.09. The minimum Gasteiger partial charge on any atom is -0.490 e. The number of para-hydroxylation sites is 1. The number of unbranched alkanes of at least 4 members (excludes halogenated alkanes) is 1. The van der Waals surface area contributed by atoms with Gasteiger partial charge in [0.2, 0.25) is 0 Å². The fourth-order valence-electron chi connectivity index (χ4n) is 1.91. The third-order valence-electron chi connectivity index (χ3n) is 3.08. The first kappa shape index (κ1) is 15.2. The highest BCUT2D eigenvalue weighted by atomic mass is 16.5. The van der Waals surface area contributed by atoms with Gasteiger partial charge in [-0.15, -0.1) is 0 Å². The van der Waals surface area contributed by atoms with E-state index < -0.39 is 0 Å². The molecule has 0 aliphatic rings. The van der Waals surface area contributed by atoms with Crippen LogP contribution in [0.2, 0.25) is 0 Å². The average Bonchev–Trinajstić information content (AvgIpc) is 2.54. The Hall–Kier alpha value is -2.16. The molecule has 2 aromatic rings. The molecule has 0 radical (unpaired) electrons. The topological polar surface area (TPSA) is 30.5 Å². The van der Waals surface area contributed by atoms with Crippen molar-refractivity contribution < 1.29 is 9.47 Å². The van der Waals surface area contributed by atoms with E-state index in [1.165, 1.54) is 12.8 Å². The van der Waals surface area contributed by atoms with Crippen LogP contribution in [0.5, 0.6) is 11.5 Å². The van der Waals surface area contributed by atoms with Gasteiger partial charge in [-0.3, -0.25) is 0 Å². The van der Waals surface area contributed by atoms with Crippen molar-refractivity contribution in [3.05, 3.63) is 54.6 Å². The van der Waals surface area contributed by atoms with Crippen molar-refractivity contribution in [3.63, 3.8) is 0 Å². The van der Waals surface area contributed by atoms with Crippen LogP contribution in [-0.4, -0.2) is 19.8 Å². The molecule has 2 rings (SSSR count). The van der Waals surface area contributed by atoms with E-state index in [-0.39, 0.29) is 0 Å². The van der Waals surface area contributed by atoms with Gasteiger partial charge in [0.05, 0.1) is 0 Å². The zero-order chi connectivity index (χ0) is 14.8. The van der Waals surface area contributed by atoms with Crippen LogP contribution in [0.15, 0.2) is 54.6 Å². The summed E-state index contributed by atoms with van der Waals surface area (Å²) in [5.41, 5.74) is 1.14. The molecule has 0 unspecified atom stereocenters. The molecule has 0 aliphatic heterocycles. The molecule has 0 bridgehead atoms. The van der Waals surface area contributed by atoms with Gasteiger partial charge >= 0.3 is 0 Å². The normalized spacial score (nSPS) is 10.1. The van der Waals surface area contributed by atoms with E-state index >= 15 is 0 Å². The SMILES string of the molecule is CCCCNc1ccc(OCCOc2ccccc2)cc1. The van der Waals surface area contributed by atoms with Crippen LogP contribution in [-0.2, 0) is 0 Å². The predicted octanol–water partition coefficient (Wildman–Crippen LogP) is 4.36. The third kappa shape index (κ3) is 5.78. The molecule has 0 spiro atoms. The highest BCUT2D eigenvalue weighted by Gasteiger charge is 1.96. The molecule has 2 aromatic carbocycles. The zero-order valence-corrected chi connectivity index (χ0v) is 12.5. The first-order valence-corrected chi connectivity index (χ1v) is 7.53. The number of hydrogen-bond acceptors (Lipinski definition) is 3. The Morgan fingerprint density at radius 2 is 1.43 bits per heavy atom. The molecule has 1 N–H and O–H groups in total. The Labute approximate surface area is 126 Å². The van der Waals surface area contributed by atoms with Crippen molar-refractivity contribution in [2.75, 3.05) is 25.1 Å². The Morgan fingerprint density at radius 3 is 2.05 bits per heavy atom. The van der Waals surface area contributed by atoms with Gasteiger partial charge in [-0.05, 0) is 42.8 Å². The summed E-state index contributed by atoms with van der Waals surface area (Å²) in [6.07, 6.45) is 2.39. The average molecular weight is 285 g/mol. The lowest BCUT2D eigenvalue weighted by atomic mass is 10.3. The van der Waals surface area contributed by atoms with Crippen molar-refractivity contribution in [2.24, 2.45) is 0 Å². The van der Waals surface area contributed by atoms with Crippen LogP contribution in [0.1, 0.15) is 19.8 Å². The van der Waals surface area contributed by atoms with Crippen LogP contribution in [0.4, 0.5) is 5.69 Å². The van der Waals surface area contributed by atoms with Gasteiger partial charge in [0.1, 0.15) is 24.7 Å². The highest BCUT2D eigenvalue weighted by molar-refractivity contribution is 5.46. The van der Waals surface area contributed by atoms with E-state index in [2.05, 4.69) is 12.2 Å². The molecular formula is C18H23NO2. The van der Waals surface area contributed by atoms with Gasteiger partial charge in [-0.2, -0.15) is 0 Å². The molecule has 112 valence electrons. The molecule has 0 aliphatic carbocycles. The minimum atomic E-state index is 0.539. The standard InChI is InChI=1S/C18H23NO2/c1-2-3-13-19-16-9-11-18(12-10-16)21-15-14-20-17-7-5-4-6-8-17/h4-12,19H,2-3,13-15H2,1H3. The van der Waals surface area contributed by atoms with E-state index in [4.69, 9.17) is 9.47 Å². The Morgan fingerprint density at radius 1 is 0.810 bits per heavy atom.